The second kappa shape index (κ2) is 10.5. The molecular formula is C29H32N2O6. The molecule has 0 amide bonds. The van der Waals surface area contributed by atoms with E-state index >= 15 is 0 Å². The fraction of sp³-hybridized carbons (Fsp3) is 0.345. The fourth-order valence-corrected chi connectivity index (χ4v) is 4.90. The molecule has 8 heteroatoms. The van der Waals surface area contributed by atoms with Gasteiger partial charge in [0.25, 0.3) is 0 Å². The predicted octanol–water partition coefficient (Wildman–Crippen LogP) is 5.75. The number of para-hydroxylation sites is 1. The maximum absolute atomic E-state index is 6.65. The molecule has 0 aromatic heterocycles. The molecule has 0 aliphatic carbocycles. The molecule has 0 saturated heterocycles. The minimum absolute atomic E-state index is 0.0326. The highest BCUT2D eigenvalue weighted by molar-refractivity contribution is 6.02. The van der Waals surface area contributed by atoms with Crippen molar-refractivity contribution in [2.45, 2.75) is 32.5 Å². The summed E-state index contributed by atoms with van der Waals surface area (Å²) in [5, 5.41) is 7.09. The van der Waals surface area contributed by atoms with Gasteiger partial charge in [-0.25, -0.2) is 5.01 Å². The minimum atomic E-state index is -0.534. The van der Waals surface area contributed by atoms with Crippen LogP contribution in [0.1, 0.15) is 49.2 Å². The number of hydrogen-bond donors (Lipinski definition) is 0. The zero-order chi connectivity index (χ0) is 25.9. The van der Waals surface area contributed by atoms with Crippen molar-refractivity contribution in [3.8, 4) is 34.5 Å². The van der Waals surface area contributed by atoms with Crippen LogP contribution in [-0.4, -0.2) is 45.3 Å². The van der Waals surface area contributed by atoms with Crippen LogP contribution in [0, 0.1) is 0 Å². The zero-order valence-electron chi connectivity index (χ0n) is 21.8. The van der Waals surface area contributed by atoms with Crippen LogP contribution in [0.15, 0.2) is 59.7 Å². The number of benzene rings is 3. The van der Waals surface area contributed by atoms with E-state index < -0.39 is 6.23 Å². The molecule has 2 aliphatic heterocycles. The number of hydrazone groups is 1. The van der Waals surface area contributed by atoms with Crippen molar-refractivity contribution < 1.29 is 28.4 Å². The van der Waals surface area contributed by atoms with E-state index in [2.05, 4.69) is 18.2 Å². The van der Waals surface area contributed by atoms with Gasteiger partial charge in [-0.05, 0) is 61.9 Å². The van der Waals surface area contributed by atoms with Crippen LogP contribution in [0.3, 0.4) is 0 Å². The average molecular weight is 505 g/mol. The summed E-state index contributed by atoms with van der Waals surface area (Å²) in [5.74, 6) is 3.91. The summed E-state index contributed by atoms with van der Waals surface area (Å²) in [7, 11) is 4.80. The van der Waals surface area contributed by atoms with E-state index in [0.29, 0.717) is 36.2 Å². The Balaban J connectivity index is 1.61. The number of ether oxygens (including phenoxy) is 6. The topological polar surface area (TPSA) is 71.0 Å². The minimum Gasteiger partial charge on any atom is -0.494 e. The lowest BCUT2D eigenvalue weighted by atomic mass is 9.95. The molecule has 37 heavy (non-hydrogen) atoms. The first-order valence-electron chi connectivity index (χ1n) is 12.4. The van der Waals surface area contributed by atoms with Crippen LogP contribution in [0.5, 0.6) is 34.5 Å². The molecule has 0 bridgehead atoms. The first-order chi connectivity index (χ1) is 18.1. The molecule has 0 fully saturated rings. The summed E-state index contributed by atoms with van der Waals surface area (Å²) in [4.78, 5) is 0. The van der Waals surface area contributed by atoms with Crippen molar-refractivity contribution in [2.24, 2.45) is 5.10 Å². The molecule has 0 N–H and O–H groups in total. The van der Waals surface area contributed by atoms with Crippen molar-refractivity contribution in [3.05, 3.63) is 71.3 Å². The molecule has 5 rings (SSSR count). The van der Waals surface area contributed by atoms with Crippen LogP contribution >= 0.6 is 0 Å². The highest BCUT2D eigenvalue weighted by Gasteiger charge is 2.42. The molecule has 2 aliphatic rings. The molecule has 0 radical (unpaired) electrons. The summed E-state index contributed by atoms with van der Waals surface area (Å²) < 4.78 is 35.0. The highest BCUT2D eigenvalue weighted by atomic mass is 16.5. The maximum Gasteiger partial charge on any atom is 0.214 e. The van der Waals surface area contributed by atoms with Crippen molar-refractivity contribution in [3.63, 3.8) is 0 Å². The Labute approximate surface area is 217 Å². The lowest BCUT2D eigenvalue weighted by Gasteiger charge is -2.39. The summed E-state index contributed by atoms with van der Waals surface area (Å²) in [6.45, 7) is 5.11. The van der Waals surface area contributed by atoms with Gasteiger partial charge in [-0.1, -0.05) is 12.1 Å². The molecule has 0 saturated carbocycles. The Hall–Kier alpha value is -4.07. The predicted molar refractivity (Wildman–Crippen MR) is 140 cm³/mol. The van der Waals surface area contributed by atoms with Gasteiger partial charge in [0.1, 0.15) is 5.75 Å². The smallest absolute Gasteiger partial charge is 0.214 e. The Bertz CT molecular complexity index is 1270. The summed E-state index contributed by atoms with van der Waals surface area (Å²) in [6, 6.07) is 17.9. The van der Waals surface area contributed by atoms with Gasteiger partial charge < -0.3 is 28.4 Å². The van der Waals surface area contributed by atoms with Crippen molar-refractivity contribution in [1.82, 2.24) is 5.01 Å². The van der Waals surface area contributed by atoms with Gasteiger partial charge in [0.2, 0.25) is 12.0 Å². The van der Waals surface area contributed by atoms with E-state index in [4.69, 9.17) is 33.5 Å². The summed E-state index contributed by atoms with van der Waals surface area (Å²) in [6.07, 6.45) is 0.189. The van der Waals surface area contributed by atoms with Crippen molar-refractivity contribution in [1.29, 1.82) is 0 Å². The highest BCUT2D eigenvalue weighted by Crippen LogP contribution is 2.52. The van der Waals surface area contributed by atoms with Gasteiger partial charge >= 0.3 is 0 Å². The van der Waals surface area contributed by atoms with Gasteiger partial charge in [0, 0.05) is 17.5 Å². The molecule has 0 unspecified atom stereocenters. The van der Waals surface area contributed by atoms with E-state index in [1.165, 1.54) is 0 Å². The van der Waals surface area contributed by atoms with E-state index in [1.807, 2.05) is 55.3 Å². The van der Waals surface area contributed by atoms with Gasteiger partial charge in [0.05, 0.1) is 46.3 Å². The van der Waals surface area contributed by atoms with Crippen molar-refractivity contribution >= 4 is 5.71 Å². The number of methoxy groups -OCH3 is 3. The second-order valence-corrected chi connectivity index (χ2v) is 8.64. The Morgan fingerprint density at radius 3 is 2.19 bits per heavy atom. The zero-order valence-corrected chi connectivity index (χ0v) is 21.8. The van der Waals surface area contributed by atoms with Crippen LogP contribution in [0.25, 0.3) is 0 Å². The SMILES string of the molecule is CCOc1ccc(C2=NN3[C@@H](c4cc(OC)c(OC)c(OC)c4)Oc4c(OCC)cccc4[C@@H]3C2)cc1. The molecule has 2 heterocycles. The standard InChI is InChI=1S/C29H32N2O6/c1-6-35-20-13-11-18(12-14-20)22-17-23-21-9-8-10-24(36-7-2)27(21)37-29(31(23)30-22)19-15-25(32-3)28(34-5)26(16-19)33-4/h8-16,23,29H,6-7,17H2,1-5H3/t23-,29+/m0/s1. The molecule has 8 nitrogen and oxygen atoms in total. The third-order valence-corrected chi connectivity index (χ3v) is 6.55. The van der Waals surface area contributed by atoms with E-state index in [1.54, 1.807) is 21.3 Å². The first kappa shape index (κ1) is 24.6. The van der Waals surface area contributed by atoms with E-state index in [9.17, 15) is 0 Å². The average Bonchev–Trinajstić information content (AvgIpc) is 3.38. The monoisotopic (exact) mass is 504 g/mol. The molecule has 2 atom stereocenters. The number of fused-ring (bicyclic) bond motifs is 3. The number of hydrogen-bond acceptors (Lipinski definition) is 8. The second-order valence-electron chi connectivity index (χ2n) is 8.64. The van der Waals surface area contributed by atoms with Gasteiger partial charge in [0.15, 0.2) is 23.0 Å². The number of nitrogens with zero attached hydrogens (tertiary/aromatic N) is 2. The Morgan fingerprint density at radius 2 is 1.57 bits per heavy atom. The third kappa shape index (κ3) is 4.48. The normalized spacial score (nSPS) is 17.8. The quantitative estimate of drug-likeness (QED) is 0.367. The Morgan fingerprint density at radius 1 is 0.865 bits per heavy atom. The summed E-state index contributed by atoms with van der Waals surface area (Å²) >= 11 is 0. The van der Waals surface area contributed by atoms with Crippen LogP contribution < -0.4 is 28.4 Å². The maximum atomic E-state index is 6.65. The van der Waals surface area contributed by atoms with E-state index in [-0.39, 0.29) is 6.04 Å². The van der Waals surface area contributed by atoms with Crippen LogP contribution in [0.2, 0.25) is 0 Å². The lowest BCUT2D eigenvalue weighted by molar-refractivity contribution is -0.0214. The molecular weight excluding hydrogens is 472 g/mol. The molecule has 3 aromatic carbocycles. The fourth-order valence-electron chi connectivity index (χ4n) is 4.90. The van der Waals surface area contributed by atoms with Crippen LogP contribution in [0.4, 0.5) is 0 Å². The van der Waals surface area contributed by atoms with Crippen LogP contribution in [-0.2, 0) is 0 Å². The van der Waals surface area contributed by atoms with E-state index in [0.717, 1.165) is 40.3 Å². The van der Waals surface area contributed by atoms with Crippen molar-refractivity contribution in [2.75, 3.05) is 34.5 Å². The Kier molecular flexibility index (Phi) is 6.99. The first-order valence-corrected chi connectivity index (χ1v) is 12.4. The molecule has 194 valence electrons. The lowest BCUT2D eigenvalue weighted by Crippen LogP contribution is -2.34. The summed E-state index contributed by atoms with van der Waals surface area (Å²) in [5.41, 5.74) is 3.89. The van der Waals surface area contributed by atoms with Gasteiger partial charge in [-0.3, -0.25) is 0 Å². The molecule has 3 aromatic rings. The largest absolute Gasteiger partial charge is 0.494 e. The van der Waals surface area contributed by atoms with Gasteiger partial charge in [-0.15, -0.1) is 0 Å². The number of rotatable bonds is 9. The third-order valence-electron chi connectivity index (χ3n) is 6.55. The molecule has 0 spiro atoms. The van der Waals surface area contributed by atoms with Gasteiger partial charge in [-0.2, -0.15) is 5.10 Å².